The van der Waals surface area contributed by atoms with Crippen LogP contribution in [-0.2, 0) is 13.1 Å². The number of nitrogens with zero attached hydrogens (tertiary/aromatic N) is 2. The molecule has 0 aliphatic rings. The predicted molar refractivity (Wildman–Crippen MR) is 82.1 cm³/mol. The highest BCUT2D eigenvalue weighted by molar-refractivity contribution is 5.52. The van der Waals surface area contributed by atoms with Gasteiger partial charge in [0, 0.05) is 49.3 Å². The Labute approximate surface area is 120 Å². The first-order chi connectivity index (χ1) is 9.76. The Morgan fingerprint density at radius 2 is 2.00 bits per heavy atom. The number of para-hydroxylation sites is 1. The first-order valence-corrected chi connectivity index (χ1v) is 6.66. The Kier molecular flexibility index (Phi) is 4.96. The smallest absolute Gasteiger partial charge is 0.123 e. The third-order valence-electron chi connectivity index (χ3n) is 3.26. The van der Waals surface area contributed by atoms with Gasteiger partial charge in [-0.05, 0) is 19.2 Å². The van der Waals surface area contributed by atoms with Crippen LogP contribution in [0.3, 0.4) is 0 Å². The number of rotatable bonds is 6. The molecule has 0 radical (unpaired) electrons. The molecule has 0 saturated carbocycles. The third kappa shape index (κ3) is 3.27. The van der Waals surface area contributed by atoms with Crippen LogP contribution in [0.1, 0.15) is 11.1 Å². The number of hydrogen-bond donors (Lipinski definition) is 1. The van der Waals surface area contributed by atoms with Crippen LogP contribution in [0.2, 0.25) is 0 Å². The van der Waals surface area contributed by atoms with Crippen LogP contribution < -0.4 is 15.0 Å². The number of ether oxygens (including phenoxy) is 1. The first kappa shape index (κ1) is 14.3. The topological polar surface area (TPSA) is 37.4 Å². The highest BCUT2D eigenvalue weighted by Crippen LogP contribution is 2.24. The van der Waals surface area contributed by atoms with Gasteiger partial charge in [0.2, 0.25) is 0 Å². The minimum atomic E-state index is 0.796. The van der Waals surface area contributed by atoms with E-state index in [1.54, 1.807) is 7.11 Å². The average Bonchev–Trinajstić information content (AvgIpc) is 2.48. The fourth-order valence-electron chi connectivity index (χ4n) is 2.29. The summed E-state index contributed by atoms with van der Waals surface area (Å²) in [4.78, 5) is 6.41. The maximum atomic E-state index is 5.41. The van der Waals surface area contributed by atoms with Crippen LogP contribution >= 0.6 is 0 Å². The molecule has 20 heavy (non-hydrogen) atoms. The molecule has 0 amide bonds. The number of aromatic nitrogens is 1. The van der Waals surface area contributed by atoms with E-state index in [-0.39, 0.29) is 0 Å². The second-order valence-corrected chi connectivity index (χ2v) is 4.70. The standard InChI is InChI=1S/C16H21N3O/c1-17-10-14-11-18-9-8-15(14)19(2)12-13-6-4-5-7-16(13)20-3/h4-9,11,17H,10,12H2,1-3H3. The van der Waals surface area contributed by atoms with E-state index >= 15 is 0 Å². The minimum absolute atomic E-state index is 0.796. The van der Waals surface area contributed by atoms with Crippen molar-refractivity contribution in [3.05, 3.63) is 53.9 Å². The number of pyridine rings is 1. The Morgan fingerprint density at radius 1 is 1.20 bits per heavy atom. The van der Waals surface area contributed by atoms with E-state index in [2.05, 4.69) is 28.3 Å². The summed E-state index contributed by atoms with van der Waals surface area (Å²) in [7, 11) is 5.73. The van der Waals surface area contributed by atoms with E-state index < -0.39 is 0 Å². The van der Waals surface area contributed by atoms with Crippen LogP contribution in [0.5, 0.6) is 5.75 Å². The summed E-state index contributed by atoms with van der Waals surface area (Å²) in [6, 6.07) is 10.1. The molecule has 2 rings (SSSR count). The molecule has 1 N–H and O–H groups in total. The fourth-order valence-corrected chi connectivity index (χ4v) is 2.29. The molecule has 2 aromatic rings. The molecular formula is C16H21N3O. The molecular weight excluding hydrogens is 250 g/mol. The Morgan fingerprint density at radius 3 is 2.75 bits per heavy atom. The fraction of sp³-hybridized carbons (Fsp3) is 0.312. The van der Waals surface area contributed by atoms with Crippen molar-refractivity contribution in [3.63, 3.8) is 0 Å². The lowest BCUT2D eigenvalue weighted by Gasteiger charge is -2.23. The third-order valence-corrected chi connectivity index (χ3v) is 3.26. The van der Waals surface area contributed by atoms with Gasteiger partial charge < -0.3 is 15.0 Å². The SMILES string of the molecule is CNCc1cnccc1N(C)Cc1ccccc1OC. The molecule has 106 valence electrons. The molecule has 1 heterocycles. The van der Waals surface area contributed by atoms with Crippen molar-refractivity contribution in [1.29, 1.82) is 0 Å². The molecule has 0 bridgehead atoms. The molecule has 4 heteroatoms. The number of benzene rings is 1. The zero-order chi connectivity index (χ0) is 14.4. The summed E-state index contributed by atoms with van der Waals surface area (Å²) < 4.78 is 5.41. The number of nitrogens with one attached hydrogen (secondary N) is 1. The molecule has 1 aromatic carbocycles. The molecule has 0 saturated heterocycles. The van der Waals surface area contributed by atoms with Gasteiger partial charge in [0.05, 0.1) is 7.11 Å². The quantitative estimate of drug-likeness (QED) is 0.875. The van der Waals surface area contributed by atoms with Crippen LogP contribution in [0.4, 0.5) is 5.69 Å². The van der Waals surface area contributed by atoms with Crippen LogP contribution in [0.25, 0.3) is 0 Å². The zero-order valence-electron chi connectivity index (χ0n) is 12.3. The Bertz CT molecular complexity index is 557. The van der Waals surface area contributed by atoms with Gasteiger partial charge in [0.1, 0.15) is 5.75 Å². The van der Waals surface area contributed by atoms with Crippen molar-refractivity contribution < 1.29 is 4.74 Å². The van der Waals surface area contributed by atoms with Crippen molar-refractivity contribution in [2.24, 2.45) is 0 Å². The summed E-state index contributed by atoms with van der Waals surface area (Å²) in [5.41, 5.74) is 3.54. The van der Waals surface area contributed by atoms with E-state index in [1.807, 2.05) is 43.7 Å². The molecule has 0 aliphatic carbocycles. The second kappa shape index (κ2) is 6.91. The van der Waals surface area contributed by atoms with Crippen molar-refractivity contribution in [3.8, 4) is 5.75 Å². The lowest BCUT2D eigenvalue weighted by Crippen LogP contribution is -2.20. The highest BCUT2D eigenvalue weighted by Gasteiger charge is 2.10. The van der Waals surface area contributed by atoms with Crippen LogP contribution in [0.15, 0.2) is 42.7 Å². The number of hydrogen-bond acceptors (Lipinski definition) is 4. The highest BCUT2D eigenvalue weighted by atomic mass is 16.5. The average molecular weight is 271 g/mol. The van der Waals surface area contributed by atoms with Crippen LogP contribution in [0, 0.1) is 0 Å². The van der Waals surface area contributed by atoms with Crippen LogP contribution in [-0.4, -0.2) is 26.2 Å². The summed E-state index contributed by atoms with van der Waals surface area (Å²) in [5, 5.41) is 3.17. The van der Waals surface area contributed by atoms with Gasteiger partial charge >= 0.3 is 0 Å². The van der Waals surface area contributed by atoms with Gasteiger partial charge in [-0.2, -0.15) is 0 Å². The van der Waals surface area contributed by atoms with Gasteiger partial charge in [-0.25, -0.2) is 0 Å². The predicted octanol–water partition coefficient (Wildman–Crippen LogP) is 2.45. The summed E-state index contributed by atoms with van der Waals surface area (Å²) in [6.45, 7) is 1.60. The van der Waals surface area contributed by atoms with Gasteiger partial charge in [-0.15, -0.1) is 0 Å². The van der Waals surface area contributed by atoms with Crippen molar-refractivity contribution in [2.45, 2.75) is 13.1 Å². The molecule has 0 fully saturated rings. The van der Waals surface area contributed by atoms with Gasteiger partial charge in [-0.1, -0.05) is 18.2 Å². The number of anilines is 1. The van der Waals surface area contributed by atoms with Gasteiger partial charge in [-0.3, -0.25) is 4.98 Å². The van der Waals surface area contributed by atoms with Gasteiger partial charge in [0.25, 0.3) is 0 Å². The van der Waals surface area contributed by atoms with Crippen molar-refractivity contribution in [1.82, 2.24) is 10.3 Å². The second-order valence-electron chi connectivity index (χ2n) is 4.70. The van der Waals surface area contributed by atoms with Crippen molar-refractivity contribution >= 4 is 5.69 Å². The molecule has 1 aromatic heterocycles. The molecule has 0 aliphatic heterocycles. The molecule has 0 spiro atoms. The Hall–Kier alpha value is -2.07. The van der Waals surface area contributed by atoms with Crippen molar-refractivity contribution in [2.75, 3.05) is 26.1 Å². The zero-order valence-corrected chi connectivity index (χ0v) is 12.3. The molecule has 0 atom stereocenters. The van der Waals surface area contributed by atoms with Gasteiger partial charge in [0.15, 0.2) is 0 Å². The summed E-state index contributed by atoms with van der Waals surface area (Å²) in [6.07, 6.45) is 3.73. The lowest BCUT2D eigenvalue weighted by molar-refractivity contribution is 0.409. The minimum Gasteiger partial charge on any atom is -0.496 e. The van der Waals surface area contributed by atoms with E-state index in [0.29, 0.717) is 0 Å². The number of methoxy groups -OCH3 is 1. The van der Waals surface area contributed by atoms with E-state index in [9.17, 15) is 0 Å². The first-order valence-electron chi connectivity index (χ1n) is 6.66. The largest absolute Gasteiger partial charge is 0.496 e. The molecule has 4 nitrogen and oxygen atoms in total. The maximum Gasteiger partial charge on any atom is 0.123 e. The van der Waals surface area contributed by atoms with E-state index in [4.69, 9.17) is 4.74 Å². The Balaban J connectivity index is 2.21. The lowest BCUT2D eigenvalue weighted by atomic mass is 10.1. The summed E-state index contributed by atoms with van der Waals surface area (Å²) >= 11 is 0. The normalized spacial score (nSPS) is 10.3. The van der Waals surface area contributed by atoms with E-state index in [1.165, 1.54) is 16.8 Å². The van der Waals surface area contributed by atoms with E-state index in [0.717, 1.165) is 18.8 Å². The maximum absolute atomic E-state index is 5.41. The monoisotopic (exact) mass is 271 g/mol. The molecule has 0 unspecified atom stereocenters. The summed E-state index contributed by atoms with van der Waals surface area (Å²) in [5.74, 6) is 0.920.